The van der Waals surface area contributed by atoms with Crippen LogP contribution in [0.3, 0.4) is 0 Å². The molecule has 1 aromatic heterocycles. The first kappa shape index (κ1) is 12.9. The van der Waals surface area contributed by atoms with Gasteiger partial charge in [-0.1, -0.05) is 11.6 Å². The van der Waals surface area contributed by atoms with Gasteiger partial charge in [0, 0.05) is 24.7 Å². The molecule has 18 heavy (non-hydrogen) atoms. The molecule has 1 heterocycles. The van der Waals surface area contributed by atoms with Gasteiger partial charge in [0.05, 0.1) is 12.3 Å². The van der Waals surface area contributed by atoms with Crippen molar-refractivity contribution in [2.75, 3.05) is 6.61 Å². The highest BCUT2D eigenvalue weighted by Gasteiger charge is 2.08. The van der Waals surface area contributed by atoms with Gasteiger partial charge in [0.25, 0.3) is 0 Å². The van der Waals surface area contributed by atoms with E-state index in [1.165, 1.54) is 0 Å². The zero-order valence-corrected chi connectivity index (χ0v) is 10.8. The van der Waals surface area contributed by atoms with Gasteiger partial charge in [0.1, 0.15) is 12.4 Å². The average Bonchev–Trinajstić information content (AvgIpc) is 2.74. The fourth-order valence-electron chi connectivity index (χ4n) is 1.63. The molecule has 1 unspecified atom stereocenters. The Labute approximate surface area is 111 Å². The molecule has 0 bridgehead atoms. The predicted octanol–water partition coefficient (Wildman–Crippen LogP) is 2.06. The lowest BCUT2D eigenvalue weighted by Gasteiger charge is -2.11. The first-order chi connectivity index (χ1) is 8.63. The molecule has 2 rings (SSSR count). The van der Waals surface area contributed by atoms with Crippen LogP contribution in [-0.4, -0.2) is 27.6 Å². The molecular weight excluding hydrogens is 252 g/mol. The molecule has 0 aliphatic heterocycles. The van der Waals surface area contributed by atoms with Crippen LogP contribution < -0.4 is 4.74 Å². The molecule has 0 spiro atoms. The summed E-state index contributed by atoms with van der Waals surface area (Å²) in [6.07, 6.45) is 3.60. The number of hydrogen-bond acceptors (Lipinski definition) is 3. The third-order valence-electron chi connectivity index (χ3n) is 2.49. The van der Waals surface area contributed by atoms with E-state index in [1.54, 1.807) is 35.1 Å². The van der Waals surface area contributed by atoms with Gasteiger partial charge in [0.15, 0.2) is 0 Å². The minimum Gasteiger partial charge on any atom is -0.491 e. The standard InChI is InChI=1S/C13H15ClN2O2/c1-16-8-10(7-15-16)6-12(17)9-18-13-4-2-11(14)3-5-13/h2-5,7-8,12,17H,6,9H2,1H3. The number of benzene rings is 1. The summed E-state index contributed by atoms with van der Waals surface area (Å²) in [6, 6.07) is 7.06. The molecule has 2 aromatic rings. The van der Waals surface area contributed by atoms with E-state index in [0.29, 0.717) is 17.2 Å². The minimum absolute atomic E-state index is 0.247. The lowest BCUT2D eigenvalue weighted by atomic mass is 10.2. The van der Waals surface area contributed by atoms with Crippen molar-refractivity contribution in [3.63, 3.8) is 0 Å². The fraction of sp³-hybridized carbons (Fsp3) is 0.308. The quantitative estimate of drug-likeness (QED) is 0.901. The van der Waals surface area contributed by atoms with Gasteiger partial charge in [0.2, 0.25) is 0 Å². The Morgan fingerprint density at radius 2 is 2.11 bits per heavy atom. The van der Waals surface area contributed by atoms with E-state index >= 15 is 0 Å². The molecule has 1 N–H and O–H groups in total. The number of aromatic nitrogens is 2. The smallest absolute Gasteiger partial charge is 0.119 e. The second kappa shape index (κ2) is 5.89. The molecule has 0 amide bonds. The van der Waals surface area contributed by atoms with Crippen LogP contribution in [0.1, 0.15) is 5.56 Å². The van der Waals surface area contributed by atoms with E-state index in [2.05, 4.69) is 5.10 Å². The van der Waals surface area contributed by atoms with Crippen molar-refractivity contribution in [3.05, 3.63) is 47.2 Å². The Balaban J connectivity index is 1.81. The monoisotopic (exact) mass is 266 g/mol. The number of nitrogens with zero attached hydrogens (tertiary/aromatic N) is 2. The summed E-state index contributed by atoms with van der Waals surface area (Å²) in [5.41, 5.74) is 0.990. The van der Waals surface area contributed by atoms with Gasteiger partial charge >= 0.3 is 0 Å². The third kappa shape index (κ3) is 3.75. The zero-order valence-electron chi connectivity index (χ0n) is 10.1. The van der Waals surface area contributed by atoms with Gasteiger partial charge in [-0.3, -0.25) is 4.68 Å². The molecule has 1 aromatic carbocycles. The summed E-state index contributed by atoms with van der Waals surface area (Å²) in [6.45, 7) is 0.247. The molecule has 0 fully saturated rings. The Bertz CT molecular complexity index is 496. The van der Waals surface area contributed by atoms with Crippen LogP contribution in [-0.2, 0) is 13.5 Å². The Hall–Kier alpha value is -1.52. The van der Waals surface area contributed by atoms with Gasteiger partial charge in [-0.05, 0) is 29.8 Å². The zero-order chi connectivity index (χ0) is 13.0. The number of hydrogen-bond donors (Lipinski definition) is 1. The first-order valence-corrected chi connectivity index (χ1v) is 6.05. The molecule has 4 nitrogen and oxygen atoms in total. The van der Waals surface area contributed by atoms with Crippen LogP contribution in [0.5, 0.6) is 5.75 Å². The summed E-state index contributed by atoms with van der Waals surface area (Å²) in [5, 5.41) is 14.6. The largest absolute Gasteiger partial charge is 0.491 e. The van der Waals surface area contributed by atoms with Crippen LogP contribution in [0.2, 0.25) is 5.02 Å². The number of aryl methyl sites for hydroxylation is 1. The lowest BCUT2D eigenvalue weighted by molar-refractivity contribution is 0.108. The van der Waals surface area contributed by atoms with Crippen molar-refractivity contribution in [2.24, 2.45) is 7.05 Å². The van der Waals surface area contributed by atoms with E-state index < -0.39 is 6.10 Å². The number of halogens is 1. The molecule has 0 saturated carbocycles. The maximum absolute atomic E-state index is 9.84. The van der Waals surface area contributed by atoms with E-state index in [9.17, 15) is 5.11 Å². The molecule has 5 heteroatoms. The Morgan fingerprint density at radius 1 is 1.39 bits per heavy atom. The van der Waals surface area contributed by atoms with Crippen molar-refractivity contribution in [1.29, 1.82) is 0 Å². The maximum Gasteiger partial charge on any atom is 0.119 e. The minimum atomic E-state index is -0.551. The predicted molar refractivity (Wildman–Crippen MR) is 69.9 cm³/mol. The topological polar surface area (TPSA) is 47.3 Å². The molecule has 0 saturated heterocycles. The summed E-state index contributed by atoms with van der Waals surface area (Å²) in [4.78, 5) is 0. The lowest BCUT2D eigenvalue weighted by Crippen LogP contribution is -2.19. The van der Waals surface area contributed by atoms with Crippen LogP contribution in [0.4, 0.5) is 0 Å². The molecule has 96 valence electrons. The second-order valence-electron chi connectivity index (χ2n) is 4.15. The fourth-order valence-corrected chi connectivity index (χ4v) is 1.76. The molecular formula is C13H15ClN2O2. The van der Waals surface area contributed by atoms with Crippen molar-refractivity contribution >= 4 is 11.6 Å². The normalized spacial score (nSPS) is 12.4. The number of aliphatic hydroxyl groups is 1. The van der Waals surface area contributed by atoms with Crippen LogP contribution in [0, 0.1) is 0 Å². The first-order valence-electron chi connectivity index (χ1n) is 5.67. The van der Waals surface area contributed by atoms with Gasteiger partial charge < -0.3 is 9.84 Å². The van der Waals surface area contributed by atoms with Crippen LogP contribution in [0.25, 0.3) is 0 Å². The Morgan fingerprint density at radius 3 is 2.72 bits per heavy atom. The van der Waals surface area contributed by atoms with Gasteiger partial charge in [-0.25, -0.2) is 0 Å². The SMILES string of the molecule is Cn1cc(CC(O)COc2ccc(Cl)cc2)cn1. The summed E-state index contributed by atoms with van der Waals surface area (Å²) < 4.78 is 7.18. The highest BCUT2D eigenvalue weighted by atomic mass is 35.5. The van der Waals surface area contributed by atoms with Crippen molar-refractivity contribution in [1.82, 2.24) is 9.78 Å². The molecule has 0 aliphatic rings. The number of aliphatic hydroxyl groups excluding tert-OH is 1. The molecule has 1 atom stereocenters. The molecule has 0 radical (unpaired) electrons. The van der Waals surface area contributed by atoms with E-state index in [4.69, 9.17) is 16.3 Å². The summed E-state index contributed by atoms with van der Waals surface area (Å²) >= 11 is 5.77. The highest BCUT2D eigenvalue weighted by molar-refractivity contribution is 6.30. The maximum atomic E-state index is 9.84. The van der Waals surface area contributed by atoms with Gasteiger partial charge in [-0.2, -0.15) is 5.10 Å². The number of ether oxygens (including phenoxy) is 1. The van der Waals surface area contributed by atoms with E-state index in [-0.39, 0.29) is 6.61 Å². The second-order valence-corrected chi connectivity index (χ2v) is 4.58. The molecule has 0 aliphatic carbocycles. The Kier molecular flexibility index (Phi) is 4.23. The number of rotatable bonds is 5. The summed E-state index contributed by atoms with van der Waals surface area (Å²) in [7, 11) is 1.85. The van der Waals surface area contributed by atoms with Crippen molar-refractivity contribution in [2.45, 2.75) is 12.5 Å². The van der Waals surface area contributed by atoms with E-state index in [0.717, 1.165) is 5.56 Å². The average molecular weight is 267 g/mol. The summed E-state index contributed by atoms with van der Waals surface area (Å²) in [5.74, 6) is 0.699. The van der Waals surface area contributed by atoms with E-state index in [1.807, 2.05) is 13.2 Å². The third-order valence-corrected chi connectivity index (χ3v) is 2.74. The van der Waals surface area contributed by atoms with Crippen LogP contribution >= 0.6 is 11.6 Å². The van der Waals surface area contributed by atoms with Crippen molar-refractivity contribution < 1.29 is 9.84 Å². The highest BCUT2D eigenvalue weighted by Crippen LogP contribution is 2.15. The van der Waals surface area contributed by atoms with Crippen LogP contribution in [0.15, 0.2) is 36.7 Å². The van der Waals surface area contributed by atoms with Crippen molar-refractivity contribution in [3.8, 4) is 5.75 Å². The van der Waals surface area contributed by atoms with Gasteiger partial charge in [-0.15, -0.1) is 0 Å².